The second kappa shape index (κ2) is 6.80. The summed E-state index contributed by atoms with van der Waals surface area (Å²) in [4.78, 5) is 13.5. The summed E-state index contributed by atoms with van der Waals surface area (Å²) < 4.78 is 5.06. The van der Waals surface area contributed by atoms with Crippen molar-refractivity contribution in [1.82, 2.24) is 14.9 Å². The van der Waals surface area contributed by atoms with Gasteiger partial charge in [0.2, 0.25) is 0 Å². The number of fused-ring (bicyclic) bond motifs is 1. The molecule has 0 spiro atoms. The topological polar surface area (TPSA) is 38.2 Å². The highest BCUT2D eigenvalue weighted by Gasteiger charge is 2.13. The molecule has 0 saturated carbocycles. The van der Waals surface area contributed by atoms with Crippen molar-refractivity contribution in [3.05, 3.63) is 21.4 Å². The summed E-state index contributed by atoms with van der Waals surface area (Å²) >= 11 is 7.99. The number of aromatic nitrogens is 2. The molecule has 2 heterocycles. The Bertz CT molecular complexity index is 600. The molecule has 0 bridgehead atoms. The number of methoxy groups -OCH3 is 1. The predicted octanol–water partition coefficient (Wildman–Crippen LogP) is 3.43. The van der Waals surface area contributed by atoms with Gasteiger partial charge < -0.3 is 4.74 Å². The number of hydrogen-bond acceptors (Lipinski definition) is 5. The standard InChI is InChI=1S/C14H20ClN3OS/c1-9-10(2)20-14-12(9)13(15)16-11(17-14)8-18(3)6-5-7-19-4/h5-8H2,1-4H3. The minimum absolute atomic E-state index is 0.567. The molecule has 2 aromatic heterocycles. The quantitative estimate of drug-likeness (QED) is 0.605. The maximum atomic E-state index is 6.31. The van der Waals surface area contributed by atoms with Crippen LogP contribution in [0.15, 0.2) is 0 Å². The Balaban J connectivity index is 2.15. The normalized spacial score (nSPS) is 11.7. The zero-order valence-electron chi connectivity index (χ0n) is 12.4. The SMILES string of the molecule is COCCCN(C)Cc1nc(Cl)c2c(C)c(C)sc2n1. The molecule has 2 aromatic rings. The molecule has 0 unspecified atom stereocenters. The zero-order chi connectivity index (χ0) is 14.7. The molecule has 0 aromatic carbocycles. The van der Waals surface area contributed by atoms with Crippen molar-refractivity contribution in [3.63, 3.8) is 0 Å². The van der Waals surface area contributed by atoms with E-state index < -0.39 is 0 Å². The van der Waals surface area contributed by atoms with Gasteiger partial charge in [0.05, 0.1) is 11.9 Å². The van der Waals surface area contributed by atoms with Crippen LogP contribution in [0.2, 0.25) is 5.15 Å². The van der Waals surface area contributed by atoms with Gasteiger partial charge in [-0.05, 0) is 32.9 Å². The van der Waals surface area contributed by atoms with Crippen LogP contribution in [0.25, 0.3) is 10.2 Å². The molecular formula is C14H20ClN3OS. The lowest BCUT2D eigenvalue weighted by Crippen LogP contribution is -2.21. The predicted molar refractivity (Wildman–Crippen MR) is 84.7 cm³/mol. The van der Waals surface area contributed by atoms with Gasteiger partial charge in [-0.15, -0.1) is 11.3 Å². The summed E-state index contributed by atoms with van der Waals surface area (Å²) in [7, 11) is 3.78. The molecule has 4 nitrogen and oxygen atoms in total. The second-order valence-corrected chi connectivity index (χ2v) is 6.54. The Labute approximate surface area is 128 Å². The third-order valence-corrected chi connectivity index (χ3v) is 4.71. The number of hydrogen-bond donors (Lipinski definition) is 0. The second-order valence-electron chi connectivity index (χ2n) is 4.98. The van der Waals surface area contributed by atoms with E-state index in [1.165, 1.54) is 10.4 Å². The summed E-state index contributed by atoms with van der Waals surface area (Å²) in [6.45, 7) is 6.59. The van der Waals surface area contributed by atoms with E-state index in [-0.39, 0.29) is 0 Å². The van der Waals surface area contributed by atoms with Gasteiger partial charge in [0.1, 0.15) is 15.8 Å². The molecule has 0 saturated heterocycles. The fourth-order valence-corrected chi connectivity index (χ4v) is 3.54. The number of thiophene rings is 1. The molecule has 0 radical (unpaired) electrons. The van der Waals surface area contributed by atoms with Crippen LogP contribution in [0.4, 0.5) is 0 Å². The van der Waals surface area contributed by atoms with E-state index in [1.54, 1.807) is 18.4 Å². The van der Waals surface area contributed by atoms with E-state index in [4.69, 9.17) is 16.3 Å². The molecule has 0 atom stereocenters. The van der Waals surface area contributed by atoms with Crippen LogP contribution >= 0.6 is 22.9 Å². The lowest BCUT2D eigenvalue weighted by molar-refractivity contribution is 0.177. The van der Waals surface area contributed by atoms with Gasteiger partial charge in [-0.1, -0.05) is 11.6 Å². The van der Waals surface area contributed by atoms with E-state index in [9.17, 15) is 0 Å². The highest BCUT2D eigenvalue weighted by Crippen LogP contribution is 2.32. The van der Waals surface area contributed by atoms with Crippen LogP contribution in [0.3, 0.4) is 0 Å². The van der Waals surface area contributed by atoms with Gasteiger partial charge in [-0.2, -0.15) is 0 Å². The summed E-state index contributed by atoms with van der Waals surface area (Å²) in [5.74, 6) is 0.781. The minimum Gasteiger partial charge on any atom is -0.385 e. The van der Waals surface area contributed by atoms with Crippen molar-refractivity contribution >= 4 is 33.2 Å². The Morgan fingerprint density at radius 3 is 2.75 bits per heavy atom. The van der Waals surface area contributed by atoms with Gasteiger partial charge in [-0.25, -0.2) is 9.97 Å². The minimum atomic E-state index is 0.567. The fraction of sp³-hybridized carbons (Fsp3) is 0.571. The third-order valence-electron chi connectivity index (χ3n) is 3.33. The summed E-state index contributed by atoms with van der Waals surface area (Å²) in [6, 6.07) is 0. The van der Waals surface area contributed by atoms with Gasteiger partial charge in [0, 0.05) is 25.1 Å². The van der Waals surface area contributed by atoms with Crippen LogP contribution < -0.4 is 0 Å². The largest absolute Gasteiger partial charge is 0.385 e. The van der Waals surface area contributed by atoms with E-state index in [2.05, 4.69) is 35.8 Å². The first-order valence-corrected chi connectivity index (χ1v) is 7.82. The van der Waals surface area contributed by atoms with Crippen LogP contribution in [-0.2, 0) is 11.3 Å². The van der Waals surface area contributed by atoms with Crippen molar-refractivity contribution in [1.29, 1.82) is 0 Å². The van der Waals surface area contributed by atoms with E-state index >= 15 is 0 Å². The Kier molecular flexibility index (Phi) is 5.32. The summed E-state index contributed by atoms with van der Waals surface area (Å²) in [6.07, 6.45) is 1.00. The smallest absolute Gasteiger partial charge is 0.145 e. The van der Waals surface area contributed by atoms with E-state index in [0.29, 0.717) is 11.7 Å². The molecule has 0 fully saturated rings. The third kappa shape index (κ3) is 3.47. The maximum absolute atomic E-state index is 6.31. The molecular weight excluding hydrogens is 294 g/mol. The van der Waals surface area contributed by atoms with Gasteiger partial charge >= 0.3 is 0 Å². The van der Waals surface area contributed by atoms with Crippen LogP contribution in [0.1, 0.15) is 22.7 Å². The molecule has 0 N–H and O–H groups in total. The van der Waals surface area contributed by atoms with Crippen molar-refractivity contribution < 1.29 is 4.74 Å². The number of ether oxygens (including phenoxy) is 1. The molecule has 20 heavy (non-hydrogen) atoms. The van der Waals surface area contributed by atoms with Crippen LogP contribution in [-0.4, -0.2) is 42.2 Å². The first-order chi connectivity index (χ1) is 9.52. The highest BCUT2D eigenvalue weighted by atomic mass is 35.5. The highest BCUT2D eigenvalue weighted by molar-refractivity contribution is 7.18. The van der Waals surface area contributed by atoms with Gasteiger partial charge in [-0.3, -0.25) is 4.90 Å². The number of nitrogens with zero attached hydrogens (tertiary/aromatic N) is 3. The number of halogens is 1. The maximum Gasteiger partial charge on any atom is 0.145 e. The average molecular weight is 314 g/mol. The molecule has 2 rings (SSSR count). The van der Waals surface area contributed by atoms with Crippen molar-refractivity contribution in [2.75, 3.05) is 27.3 Å². The summed E-state index contributed by atoms with van der Waals surface area (Å²) in [5.41, 5.74) is 1.19. The Morgan fingerprint density at radius 2 is 2.05 bits per heavy atom. The Hall–Kier alpha value is -0.750. The van der Waals surface area contributed by atoms with Crippen molar-refractivity contribution in [3.8, 4) is 0 Å². The first-order valence-electron chi connectivity index (χ1n) is 6.62. The monoisotopic (exact) mass is 313 g/mol. The van der Waals surface area contributed by atoms with E-state index in [0.717, 1.165) is 35.6 Å². The molecule has 0 aliphatic rings. The lowest BCUT2D eigenvalue weighted by Gasteiger charge is -2.15. The lowest BCUT2D eigenvalue weighted by atomic mass is 10.2. The van der Waals surface area contributed by atoms with Gasteiger partial charge in [0.15, 0.2) is 0 Å². The van der Waals surface area contributed by atoms with Crippen LogP contribution in [0.5, 0.6) is 0 Å². The molecule has 110 valence electrons. The molecule has 0 aliphatic heterocycles. The number of rotatable bonds is 6. The Morgan fingerprint density at radius 1 is 1.30 bits per heavy atom. The fourth-order valence-electron chi connectivity index (χ4n) is 2.11. The first kappa shape index (κ1) is 15.6. The van der Waals surface area contributed by atoms with Crippen molar-refractivity contribution in [2.24, 2.45) is 0 Å². The number of aryl methyl sites for hydroxylation is 2. The van der Waals surface area contributed by atoms with Gasteiger partial charge in [0.25, 0.3) is 0 Å². The van der Waals surface area contributed by atoms with E-state index in [1.807, 2.05) is 0 Å². The van der Waals surface area contributed by atoms with Crippen molar-refractivity contribution in [2.45, 2.75) is 26.8 Å². The summed E-state index contributed by atoms with van der Waals surface area (Å²) in [5, 5.41) is 1.57. The zero-order valence-corrected chi connectivity index (χ0v) is 13.9. The molecule has 6 heteroatoms. The molecule has 0 aliphatic carbocycles. The molecule has 0 amide bonds. The van der Waals surface area contributed by atoms with Crippen LogP contribution in [0, 0.1) is 13.8 Å². The average Bonchev–Trinajstić information content (AvgIpc) is 2.65.